The third-order valence-corrected chi connectivity index (χ3v) is 17.5. The van der Waals surface area contributed by atoms with Gasteiger partial charge in [-0.2, -0.15) is 0 Å². The topological polar surface area (TPSA) is 108 Å². The van der Waals surface area contributed by atoms with Gasteiger partial charge in [0.1, 0.15) is 13.2 Å². The van der Waals surface area contributed by atoms with E-state index in [2.05, 4.69) is 55.6 Å². The summed E-state index contributed by atoms with van der Waals surface area (Å²) < 4.78 is 23.4. The van der Waals surface area contributed by atoms with Crippen molar-refractivity contribution in [3.05, 3.63) is 48.6 Å². The fraction of sp³-hybridized carbons (Fsp3) is 0.877. The summed E-state index contributed by atoms with van der Waals surface area (Å²) in [7, 11) is 1.26. The fourth-order valence-electron chi connectivity index (χ4n) is 10.9. The van der Waals surface area contributed by atoms with Crippen molar-refractivity contribution < 1.29 is 32.9 Å². The Hall–Kier alpha value is -1.54. The largest absolute Gasteiger partial charge is 0.756 e. The number of phosphoric acid groups is 1. The summed E-state index contributed by atoms with van der Waals surface area (Å²) in [5, 5.41) is 13.9. The average Bonchev–Trinajstić information content (AvgIpc) is 3.46. The number of nitrogens with zero attached hydrogens (tertiary/aromatic N) is 1. The Morgan fingerprint density at radius 1 is 0.427 bits per heavy atom. The summed E-state index contributed by atoms with van der Waals surface area (Å²) in [6.45, 7) is 4.68. The van der Waals surface area contributed by atoms with Crippen LogP contribution in [-0.4, -0.2) is 68.5 Å². The van der Waals surface area contributed by atoms with Crippen molar-refractivity contribution in [2.75, 3.05) is 40.9 Å². The lowest BCUT2D eigenvalue weighted by molar-refractivity contribution is -0.870. The highest BCUT2D eigenvalue weighted by molar-refractivity contribution is 7.45. The minimum absolute atomic E-state index is 0.00571. The molecule has 0 spiro atoms. The van der Waals surface area contributed by atoms with Crippen molar-refractivity contribution >= 4 is 13.7 Å². The summed E-state index contributed by atoms with van der Waals surface area (Å²) >= 11 is 0. The van der Waals surface area contributed by atoms with Gasteiger partial charge in [-0.05, 0) is 64.2 Å². The van der Waals surface area contributed by atoms with Crippen LogP contribution in [0.4, 0.5) is 0 Å². The number of carbonyl (C=O) groups is 1. The second-order valence-corrected chi connectivity index (χ2v) is 27.3. The zero-order valence-electron chi connectivity index (χ0n) is 55.5. The van der Waals surface area contributed by atoms with E-state index in [0.29, 0.717) is 17.4 Å². The zero-order chi connectivity index (χ0) is 59.8. The van der Waals surface area contributed by atoms with Crippen LogP contribution in [0, 0.1) is 0 Å². The van der Waals surface area contributed by atoms with Crippen LogP contribution in [0.1, 0.15) is 361 Å². The quantitative estimate of drug-likeness (QED) is 0.0272. The van der Waals surface area contributed by atoms with E-state index in [0.717, 1.165) is 44.9 Å². The molecule has 3 unspecified atom stereocenters. The Balaban J connectivity index is 3.98. The standard InChI is InChI=1S/C73H141N2O6P/c1-6-8-10-12-14-16-18-20-22-24-26-28-29-30-31-32-33-34-35-36-37-38-39-40-41-42-43-44-45-47-49-51-53-55-57-59-61-63-65-67-73(77)74-71(70-81-82(78,79)80-69-68-75(3,4)5)72(76)66-64-62-60-58-56-54-52-50-48-46-27-25-23-21-19-17-15-13-11-9-7-2/h33-34,36-37,56,58,64,66,71-72,76H,6-32,35,38-55,57,59-63,65,67-70H2,1-5H3,(H-,74,77,78,79)/b34-33-,37-36-,58-56+,66-64+. The van der Waals surface area contributed by atoms with Crippen LogP contribution in [0.5, 0.6) is 0 Å². The van der Waals surface area contributed by atoms with Crippen molar-refractivity contribution in [1.29, 1.82) is 0 Å². The van der Waals surface area contributed by atoms with Gasteiger partial charge in [0.2, 0.25) is 5.91 Å². The van der Waals surface area contributed by atoms with Gasteiger partial charge in [-0.15, -0.1) is 0 Å². The normalized spacial score (nSPS) is 13.9. The molecule has 0 aromatic rings. The maximum absolute atomic E-state index is 13.0. The molecule has 0 saturated heterocycles. The van der Waals surface area contributed by atoms with Gasteiger partial charge in [0.15, 0.2) is 0 Å². The van der Waals surface area contributed by atoms with Crippen molar-refractivity contribution in [2.45, 2.75) is 373 Å². The highest BCUT2D eigenvalue weighted by atomic mass is 31.2. The third kappa shape index (κ3) is 66.0. The maximum Gasteiger partial charge on any atom is 0.268 e. The number of hydrogen-bond donors (Lipinski definition) is 2. The molecule has 0 aliphatic heterocycles. The van der Waals surface area contributed by atoms with Gasteiger partial charge < -0.3 is 28.8 Å². The first-order chi connectivity index (χ1) is 40.0. The second kappa shape index (κ2) is 63.9. The fourth-order valence-corrected chi connectivity index (χ4v) is 11.6. The van der Waals surface area contributed by atoms with Gasteiger partial charge in [-0.3, -0.25) is 9.36 Å². The highest BCUT2D eigenvalue weighted by Gasteiger charge is 2.23. The molecule has 0 bridgehead atoms. The van der Waals surface area contributed by atoms with Gasteiger partial charge in [0.25, 0.3) is 7.82 Å². The van der Waals surface area contributed by atoms with Crippen molar-refractivity contribution in [1.82, 2.24) is 5.32 Å². The van der Waals surface area contributed by atoms with E-state index in [4.69, 9.17) is 9.05 Å². The molecule has 82 heavy (non-hydrogen) atoms. The molecule has 0 aliphatic carbocycles. The number of amides is 1. The van der Waals surface area contributed by atoms with Crippen LogP contribution in [0.25, 0.3) is 0 Å². The Kier molecular flexibility index (Phi) is 62.7. The minimum Gasteiger partial charge on any atom is -0.756 e. The van der Waals surface area contributed by atoms with Crippen LogP contribution >= 0.6 is 7.82 Å². The van der Waals surface area contributed by atoms with Gasteiger partial charge in [0.05, 0.1) is 39.9 Å². The summed E-state index contributed by atoms with van der Waals surface area (Å²) in [6.07, 6.45) is 86.9. The van der Waals surface area contributed by atoms with E-state index >= 15 is 0 Å². The van der Waals surface area contributed by atoms with E-state index in [9.17, 15) is 19.4 Å². The van der Waals surface area contributed by atoms with Crippen LogP contribution in [-0.2, 0) is 18.4 Å². The molecule has 0 aromatic carbocycles. The number of allylic oxidation sites excluding steroid dienone is 7. The molecule has 0 aromatic heterocycles. The predicted octanol–water partition coefficient (Wildman–Crippen LogP) is 22.4. The number of unbranched alkanes of at least 4 members (excludes halogenated alkanes) is 48. The Morgan fingerprint density at radius 2 is 0.720 bits per heavy atom. The number of rotatable bonds is 67. The number of aliphatic hydroxyl groups is 1. The van der Waals surface area contributed by atoms with Gasteiger partial charge in [-0.25, -0.2) is 0 Å². The number of aliphatic hydroxyl groups excluding tert-OH is 1. The lowest BCUT2D eigenvalue weighted by atomic mass is 10.0. The summed E-state index contributed by atoms with van der Waals surface area (Å²) in [4.78, 5) is 25.6. The molecular weight excluding hydrogens is 1030 g/mol. The molecule has 0 radical (unpaired) electrons. The molecule has 9 heteroatoms. The molecule has 0 fully saturated rings. The minimum atomic E-state index is -4.61. The number of nitrogens with one attached hydrogen (secondary N) is 1. The van der Waals surface area contributed by atoms with Crippen LogP contribution in [0.2, 0.25) is 0 Å². The first-order valence-electron chi connectivity index (χ1n) is 36.0. The van der Waals surface area contributed by atoms with Gasteiger partial charge in [-0.1, -0.05) is 339 Å². The third-order valence-electron chi connectivity index (χ3n) is 16.5. The van der Waals surface area contributed by atoms with Gasteiger partial charge in [0, 0.05) is 6.42 Å². The highest BCUT2D eigenvalue weighted by Crippen LogP contribution is 2.38. The number of hydrogen-bond acceptors (Lipinski definition) is 6. The summed E-state index contributed by atoms with van der Waals surface area (Å²) in [5.41, 5.74) is 0. The lowest BCUT2D eigenvalue weighted by Gasteiger charge is -2.29. The molecule has 484 valence electrons. The number of carbonyl (C=O) groups excluding carboxylic acids is 1. The molecule has 0 aliphatic rings. The van der Waals surface area contributed by atoms with E-state index < -0.39 is 26.6 Å². The van der Waals surface area contributed by atoms with Crippen molar-refractivity contribution in [3.8, 4) is 0 Å². The second-order valence-electron chi connectivity index (χ2n) is 25.9. The van der Waals surface area contributed by atoms with Crippen LogP contribution in [0.3, 0.4) is 0 Å². The Labute approximate surface area is 511 Å². The maximum atomic E-state index is 13.0. The number of likely N-dealkylation sites (N-methyl/N-ethyl adjacent to an activating group) is 1. The van der Waals surface area contributed by atoms with E-state index in [-0.39, 0.29) is 12.5 Å². The van der Waals surface area contributed by atoms with E-state index in [1.165, 1.54) is 295 Å². The van der Waals surface area contributed by atoms with Crippen molar-refractivity contribution in [2.24, 2.45) is 0 Å². The predicted molar refractivity (Wildman–Crippen MR) is 358 cm³/mol. The Bertz CT molecular complexity index is 1480. The monoisotopic (exact) mass is 1170 g/mol. The van der Waals surface area contributed by atoms with Gasteiger partial charge >= 0.3 is 0 Å². The van der Waals surface area contributed by atoms with E-state index in [1.807, 2.05) is 27.2 Å². The number of phosphoric ester groups is 1. The lowest BCUT2D eigenvalue weighted by Crippen LogP contribution is -2.45. The molecule has 2 N–H and O–H groups in total. The SMILES string of the molecule is CCCCCCCCCCCCCCCCC/C=C\C/C=C\CCCCCCCCCCCCCCCCCCCC(=O)NC(COP(=O)([O-])OCC[N+](C)(C)C)C(O)/C=C/CC/C=C/CCCCCCCCCCCCCCCCC. The number of quaternary nitrogens is 1. The molecule has 3 atom stereocenters. The molecule has 0 rings (SSSR count). The average molecular weight is 1170 g/mol. The summed E-state index contributed by atoms with van der Waals surface area (Å²) in [5.74, 6) is -0.202. The summed E-state index contributed by atoms with van der Waals surface area (Å²) in [6, 6.07) is -0.905. The first-order valence-corrected chi connectivity index (χ1v) is 37.5. The Morgan fingerprint density at radius 3 is 1.06 bits per heavy atom. The first kappa shape index (κ1) is 80.5. The van der Waals surface area contributed by atoms with Crippen molar-refractivity contribution in [3.63, 3.8) is 0 Å². The van der Waals surface area contributed by atoms with Crippen LogP contribution in [0.15, 0.2) is 48.6 Å². The zero-order valence-corrected chi connectivity index (χ0v) is 56.4. The molecular formula is C73H141N2O6P. The molecule has 0 saturated carbocycles. The smallest absolute Gasteiger partial charge is 0.268 e. The van der Waals surface area contributed by atoms with Crippen LogP contribution < -0.4 is 10.2 Å². The molecule has 1 amide bonds. The molecule has 0 heterocycles. The van der Waals surface area contributed by atoms with E-state index in [1.54, 1.807) is 6.08 Å². The molecule has 8 nitrogen and oxygen atoms in total.